The Balaban J connectivity index is 0.000000509. The number of halogens is 5. The van der Waals surface area contributed by atoms with E-state index in [0.29, 0.717) is 46.4 Å². The average molecular weight is 565 g/mol. The van der Waals surface area contributed by atoms with Crippen LogP contribution in [-0.2, 0) is 11.8 Å². The van der Waals surface area contributed by atoms with Crippen LogP contribution in [0, 0.1) is 0 Å². The second kappa shape index (κ2) is 11.8. The van der Waals surface area contributed by atoms with Gasteiger partial charge in [0.05, 0.1) is 22.5 Å². The molecule has 0 atom stereocenters. The molecule has 0 aliphatic rings. The average Bonchev–Trinajstić information content (AvgIpc) is 3.10. The molecule has 0 fully saturated rings. The van der Waals surface area contributed by atoms with Crippen LogP contribution in [0.2, 0.25) is 5.02 Å². The molecule has 0 aliphatic heterocycles. The van der Waals surface area contributed by atoms with Crippen LogP contribution in [0.1, 0.15) is 10.4 Å². The van der Waals surface area contributed by atoms with Gasteiger partial charge in [-0.1, -0.05) is 11.6 Å². The number of nitrogens with two attached hydrogens (primary N) is 1. The summed E-state index contributed by atoms with van der Waals surface area (Å²) in [4.78, 5) is 25.4. The molecular weight excluding hydrogens is 547 g/mol. The van der Waals surface area contributed by atoms with Crippen LogP contribution in [0.25, 0.3) is 11.3 Å². The van der Waals surface area contributed by atoms with Crippen molar-refractivity contribution in [1.29, 1.82) is 0 Å². The van der Waals surface area contributed by atoms with E-state index < -0.39 is 12.1 Å². The molecule has 4 N–H and O–H groups in total. The quantitative estimate of drug-likeness (QED) is 0.410. The number of carboxylic acid groups (broad SMARTS) is 1. The van der Waals surface area contributed by atoms with Crippen molar-refractivity contribution in [2.45, 2.75) is 6.18 Å². The summed E-state index contributed by atoms with van der Waals surface area (Å²) in [6.07, 6.45) is -0.414. The molecule has 0 saturated heterocycles. The highest BCUT2D eigenvalue weighted by Crippen LogP contribution is 2.36. The number of amides is 1. The lowest BCUT2D eigenvalue weighted by molar-refractivity contribution is -0.192. The van der Waals surface area contributed by atoms with Crippen molar-refractivity contribution < 1.29 is 32.6 Å². The minimum atomic E-state index is -5.08. The van der Waals surface area contributed by atoms with Crippen LogP contribution in [-0.4, -0.2) is 51.1 Å². The highest BCUT2D eigenvalue weighted by Gasteiger charge is 2.38. The molecule has 0 radical (unpaired) electrons. The van der Waals surface area contributed by atoms with Crippen molar-refractivity contribution in [2.75, 3.05) is 18.5 Å². The van der Waals surface area contributed by atoms with Gasteiger partial charge in [0.1, 0.15) is 12.4 Å². The molecule has 182 valence electrons. The van der Waals surface area contributed by atoms with Gasteiger partial charge in [-0.15, -0.1) is 0 Å². The number of carbonyl (C=O) groups is 2. The maximum atomic E-state index is 12.5. The second-order valence-electron chi connectivity index (χ2n) is 6.46. The highest BCUT2D eigenvalue weighted by atomic mass is 79.9. The molecular formula is C20H18BrClF3N5O4. The lowest BCUT2D eigenvalue weighted by atomic mass is 10.1. The Labute approximate surface area is 204 Å². The largest absolute Gasteiger partial charge is 0.492 e. The smallest absolute Gasteiger partial charge is 0.490 e. The number of hydrogen-bond donors (Lipinski definition) is 3. The zero-order chi connectivity index (χ0) is 25.5. The number of ether oxygens (including phenoxy) is 1. The fourth-order valence-corrected chi connectivity index (χ4v) is 3.17. The van der Waals surface area contributed by atoms with Gasteiger partial charge in [-0.3, -0.25) is 14.5 Å². The number of aromatic nitrogens is 3. The number of alkyl halides is 3. The first-order chi connectivity index (χ1) is 15.9. The Bertz CT molecular complexity index is 1150. The fraction of sp³-hybridized carbons (Fsp3) is 0.200. The molecule has 34 heavy (non-hydrogen) atoms. The molecule has 2 aromatic heterocycles. The molecule has 0 bridgehead atoms. The molecule has 0 unspecified atom stereocenters. The number of carboxylic acids is 1. The van der Waals surface area contributed by atoms with E-state index in [1.165, 1.54) is 6.20 Å². The normalized spacial score (nSPS) is 10.8. The van der Waals surface area contributed by atoms with E-state index in [4.69, 9.17) is 32.0 Å². The van der Waals surface area contributed by atoms with Gasteiger partial charge in [-0.2, -0.15) is 18.3 Å². The summed E-state index contributed by atoms with van der Waals surface area (Å²) in [5.41, 5.74) is 7.96. The van der Waals surface area contributed by atoms with E-state index in [0.717, 1.165) is 4.47 Å². The second-order valence-corrected chi connectivity index (χ2v) is 7.78. The molecule has 0 saturated carbocycles. The minimum Gasteiger partial charge on any atom is -0.492 e. The lowest BCUT2D eigenvalue weighted by Gasteiger charge is -2.14. The van der Waals surface area contributed by atoms with Gasteiger partial charge in [0.15, 0.2) is 0 Å². The van der Waals surface area contributed by atoms with Gasteiger partial charge in [0, 0.05) is 41.7 Å². The maximum absolute atomic E-state index is 12.5. The van der Waals surface area contributed by atoms with Crippen LogP contribution in [0.5, 0.6) is 5.75 Å². The maximum Gasteiger partial charge on any atom is 0.490 e. The van der Waals surface area contributed by atoms with Crippen molar-refractivity contribution in [3.8, 4) is 17.0 Å². The van der Waals surface area contributed by atoms with E-state index >= 15 is 0 Å². The van der Waals surface area contributed by atoms with Crippen molar-refractivity contribution in [1.82, 2.24) is 14.8 Å². The van der Waals surface area contributed by atoms with E-state index in [-0.39, 0.29) is 5.91 Å². The first-order valence-corrected chi connectivity index (χ1v) is 10.5. The molecule has 14 heteroatoms. The zero-order valence-corrected chi connectivity index (χ0v) is 19.8. The molecule has 2 heterocycles. The van der Waals surface area contributed by atoms with Crippen LogP contribution < -0.4 is 15.8 Å². The number of nitrogens with zero attached hydrogens (tertiary/aromatic N) is 3. The molecule has 1 aromatic carbocycles. The summed E-state index contributed by atoms with van der Waals surface area (Å²) in [5, 5.41) is 14.6. The summed E-state index contributed by atoms with van der Waals surface area (Å²) >= 11 is 9.60. The topological polar surface area (TPSA) is 132 Å². The van der Waals surface area contributed by atoms with E-state index in [1.807, 2.05) is 0 Å². The summed E-state index contributed by atoms with van der Waals surface area (Å²) in [7, 11) is 1.78. The van der Waals surface area contributed by atoms with Crippen LogP contribution in [0.15, 0.2) is 47.3 Å². The third kappa shape index (κ3) is 7.43. The Morgan fingerprint density at radius 1 is 1.26 bits per heavy atom. The monoisotopic (exact) mass is 563 g/mol. The molecule has 3 rings (SSSR count). The van der Waals surface area contributed by atoms with E-state index in [9.17, 15) is 18.0 Å². The van der Waals surface area contributed by atoms with Gasteiger partial charge < -0.3 is 20.9 Å². The highest BCUT2D eigenvalue weighted by molar-refractivity contribution is 9.10. The number of pyridine rings is 1. The molecule has 1 amide bonds. The van der Waals surface area contributed by atoms with Gasteiger partial charge in [-0.05, 0) is 40.2 Å². The number of rotatable bonds is 6. The molecule has 9 nitrogen and oxygen atoms in total. The Morgan fingerprint density at radius 3 is 2.47 bits per heavy atom. The number of hydrogen-bond acceptors (Lipinski definition) is 6. The fourth-order valence-electron chi connectivity index (χ4n) is 2.54. The molecule has 0 spiro atoms. The Morgan fingerprint density at radius 2 is 1.94 bits per heavy atom. The number of nitrogens with one attached hydrogen (secondary N) is 1. The number of anilines is 1. The number of benzene rings is 1. The standard InChI is InChI=1S/C18H17BrClN5O2.C2HF3O2/c1-25-17(15(20)10-23-25)14-7-13(2-3-16(14)27-5-4-21)24-18(26)11-6-12(19)9-22-8-11;3-2(4,5)1(6)7/h2-3,6-10H,4-5,21H2,1H3,(H,24,26);(H,6,7). The SMILES string of the molecule is Cn1ncc(Cl)c1-c1cc(NC(=O)c2cncc(Br)c2)ccc1OCCN.O=C(O)C(F)(F)F. The van der Waals surface area contributed by atoms with Crippen LogP contribution in [0.3, 0.4) is 0 Å². The summed E-state index contributed by atoms with van der Waals surface area (Å²) < 4.78 is 39.8. The van der Waals surface area contributed by atoms with Gasteiger partial charge in [0.2, 0.25) is 0 Å². The lowest BCUT2D eigenvalue weighted by Crippen LogP contribution is -2.21. The predicted molar refractivity (Wildman–Crippen MR) is 122 cm³/mol. The Hall–Kier alpha value is -3.16. The zero-order valence-electron chi connectivity index (χ0n) is 17.4. The van der Waals surface area contributed by atoms with Gasteiger partial charge in [-0.25, -0.2) is 4.79 Å². The number of aliphatic carboxylic acids is 1. The van der Waals surface area contributed by atoms with Crippen LogP contribution >= 0.6 is 27.5 Å². The van der Waals surface area contributed by atoms with Crippen molar-refractivity contribution in [2.24, 2.45) is 12.8 Å². The van der Waals surface area contributed by atoms with Gasteiger partial charge in [0.25, 0.3) is 5.91 Å². The third-order valence-corrected chi connectivity index (χ3v) is 4.68. The van der Waals surface area contributed by atoms with Crippen molar-refractivity contribution in [3.63, 3.8) is 0 Å². The first-order valence-electron chi connectivity index (χ1n) is 9.30. The van der Waals surface area contributed by atoms with Gasteiger partial charge >= 0.3 is 12.1 Å². The number of carbonyl (C=O) groups excluding carboxylic acids is 1. The number of aryl methyl sites for hydroxylation is 1. The predicted octanol–water partition coefficient (Wildman–Crippen LogP) is 4.12. The molecule has 3 aromatic rings. The van der Waals surface area contributed by atoms with E-state index in [1.54, 1.807) is 48.4 Å². The molecule has 0 aliphatic carbocycles. The van der Waals surface area contributed by atoms with Crippen molar-refractivity contribution in [3.05, 3.63) is 57.9 Å². The Kier molecular flexibility index (Phi) is 9.41. The third-order valence-electron chi connectivity index (χ3n) is 3.97. The summed E-state index contributed by atoms with van der Waals surface area (Å²) in [6, 6.07) is 7.00. The summed E-state index contributed by atoms with van der Waals surface area (Å²) in [6.45, 7) is 0.741. The minimum absolute atomic E-state index is 0.276. The van der Waals surface area contributed by atoms with Crippen molar-refractivity contribution >= 4 is 45.1 Å². The van der Waals surface area contributed by atoms with Crippen LogP contribution in [0.4, 0.5) is 18.9 Å². The van der Waals surface area contributed by atoms with E-state index in [2.05, 4.69) is 31.3 Å². The summed E-state index contributed by atoms with van der Waals surface area (Å²) in [5.74, 6) is -2.43. The first kappa shape index (κ1) is 27.1.